The van der Waals surface area contributed by atoms with Crippen LogP contribution in [0.1, 0.15) is 52.2 Å². The lowest BCUT2D eigenvalue weighted by Gasteiger charge is -2.44. The minimum atomic E-state index is -0.910. The number of ether oxygens (including phenoxy) is 1. The molecule has 3 aliphatic rings. The number of carbonyl (C=O) groups is 3. The standard InChI is InChI=1S/C24H27N3O5/c1-16-4-2-5-17(14-16)22(29)27-19(21(28)25-18-7-8-18)15-32-24(27)9-11-26(12-10-24)23(30)20-6-3-13-31-20/h2-6,13-14,18-19H,7-12,15H2,1H3,(H,25,28)/t19-/m1/s1. The molecule has 1 aromatic heterocycles. The van der Waals surface area contributed by atoms with E-state index in [-0.39, 0.29) is 30.4 Å². The first kappa shape index (κ1) is 20.8. The van der Waals surface area contributed by atoms with Gasteiger partial charge < -0.3 is 19.4 Å². The second-order valence-electron chi connectivity index (χ2n) is 8.87. The van der Waals surface area contributed by atoms with Gasteiger partial charge in [0.2, 0.25) is 5.91 Å². The number of carbonyl (C=O) groups excluding carboxylic acids is 3. The molecule has 1 spiro atoms. The molecule has 0 radical (unpaired) electrons. The maximum absolute atomic E-state index is 13.7. The molecule has 2 saturated heterocycles. The number of aryl methyl sites for hydroxylation is 1. The van der Waals surface area contributed by atoms with Gasteiger partial charge in [-0.05, 0) is 44.0 Å². The molecule has 1 saturated carbocycles. The number of likely N-dealkylation sites (tertiary alicyclic amines) is 1. The molecule has 5 rings (SSSR count). The maximum atomic E-state index is 13.7. The minimum absolute atomic E-state index is 0.155. The third-order valence-corrected chi connectivity index (χ3v) is 6.53. The first-order valence-electron chi connectivity index (χ1n) is 11.1. The molecule has 2 aliphatic heterocycles. The highest BCUT2D eigenvalue weighted by Crippen LogP contribution is 2.39. The number of amides is 3. The van der Waals surface area contributed by atoms with E-state index in [9.17, 15) is 14.4 Å². The Hall–Kier alpha value is -3.13. The summed E-state index contributed by atoms with van der Waals surface area (Å²) in [5, 5.41) is 3.02. The van der Waals surface area contributed by atoms with Crippen molar-refractivity contribution in [1.29, 1.82) is 0 Å². The van der Waals surface area contributed by atoms with Crippen molar-refractivity contribution in [3.63, 3.8) is 0 Å². The highest BCUT2D eigenvalue weighted by molar-refractivity contribution is 5.98. The van der Waals surface area contributed by atoms with Gasteiger partial charge in [-0.2, -0.15) is 0 Å². The molecule has 168 valence electrons. The Morgan fingerprint density at radius 2 is 1.84 bits per heavy atom. The summed E-state index contributed by atoms with van der Waals surface area (Å²) in [7, 11) is 0. The summed E-state index contributed by atoms with van der Waals surface area (Å²) in [6.07, 6.45) is 4.29. The van der Waals surface area contributed by atoms with E-state index in [4.69, 9.17) is 9.15 Å². The van der Waals surface area contributed by atoms with E-state index in [1.807, 2.05) is 25.1 Å². The predicted molar refractivity (Wildman–Crippen MR) is 115 cm³/mol. The molecular weight excluding hydrogens is 410 g/mol. The first-order valence-corrected chi connectivity index (χ1v) is 11.1. The van der Waals surface area contributed by atoms with Crippen LogP contribution in [0.4, 0.5) is 0 Å². The number of rotatable bonds is 4. The largest absolute Gasteiger partial charge is 0.459 e. The lowest BCUT2D eigenvalue weighted by Crippen LogP contribution is -2.60. The molecule has 1 atom stereocenters. The molecule has 2 aromatic rings. The number of nitrogens with one attached hydrogen (secondary N) is 1. The Morgan fingerprint density at radius 3 is 2.50 bits per heavy atom. The van der Waals surface area contributed by atoms with Crippen LogP contribution in [-0.4, -0.2) is 65.0 Å². The summed E-state index contributed by atoms with van der Waals surface area (Å²) in [6.45, 7) is 2.91. The van der Waals surface area contributed by atoms with Gasteiger partial charge >= 0.3 is 0 Å². The van der Waals surface area contributed by atoms with Gasteiger partial charge in [-0.15, -0.1) is 0 Å². The van der Waals surface area contributed by atoms with Crippen molar-refractivity contribution in [2.24, 2.45) is 0 Å². The fourth-order valence-electron chi connectivity index (χ4n) is 4.62. The Kier molecular flexibility index (Phi) is 5.25. The molecule has 1 N–H and O–H groups in total. The van der Waals surface area contributed by atoms with Crippen LogP contribution in [0.5, 0.6) is 0 Å². The molecule has 32 heavy (non-hydrogen) atoms. The van der Waals surface area contributed by atoms with E-state index in [2.05, 4.69) is 5.32 Å². The van der Waals surface area contributed by atoms with Gasteiger partial charge in [0.05, 0.1) is 12.9 Å². The van der Waals surface area contributed by atoms with Crippen molar-refractivity contribution in [3.05, 3.63) is 59.5 Å². The van der Waals surface area contributed by atoms with E-state index in [0.29, 0.717) is 37.3 Å². The van der Waals surface area contributed by atoms with Crippen LogP contribution in [0.25, 0.3) is 0 Å². The smallest absolute Gasteiger partial charge is 0.289 e. The van der Waals surface area contributed by atoms with Gasteiger partial charge in [-0.3, -0.25) is 19.3 Å². The van der Waals surface area contributed by atoms with Crippen LogP contribution in [0, 0.1) is 6.92 Å². The Bertz CT molecular complexity index is 1020. The number of furan rings is 1. The molecule has 0 bridgehead atoms. The van der Waals surface area contributed by atoms with Crippen LogP contribution in [0.3, 0.4) is 0 Å². The predicted octanol–water partition coefficient (Wildman–Crippen LogP) is 2.34. The number of hydrogen-bond donors (Lipinski definition) is 1. The maximum Gasteiger partial charge on any atom is 0.289 e. The lowest BCUT2D eigenvalue weighted by molar-refractivity contribution is -0.128. The molecule has 3 fully saturated rings. The van der Waals surface area contributed by atoms with Crippen molar-refractivity contribution in [1.82, 2.24) is 15.1 Å². The van der Waals surface area contributed by atoms with Gasteiger partial charge in [0.15, 0.2) is 5.76 Å². The zero-order valence-electron chi connectivity index (χ0n) is 18.1. The fourth-order valence-corrected chi connectivity index (χ4v) is 4.62. The number of nitrogens with zero attached hydrogens (tertiary/aromatic N) is 2. The fraction of sp³-hybridized carbons (Fsp3) is 0.458. The molecule has 3 heterocycles. The van der Waals surface area contributed by atoms with Crippen molar-refractivity contribution in [2.45, 2.75) is 50.4 Å². The average Bonchev–Trinajstić information content (AvgIpc) is 3.30. The van der Waals surface area contributed by atoms with E-state index in [1.54, 1.807) is 28.0 Å². The molecule has 3 amide bonds. The summed E-state index contributed by atoms with van der Waals surface area (Å²) < 4.78 is 11.4. The summed E-state index contributed by atoms with van der Waals surface area (Å²) in [5.74, 6) is -0.266. The van der Waals surface area contributed by atoms with E-state index in [1.165, 1.54) is 6.26 Å². The number of piperidine rings is 1. The molecule has 1 aromatic carbocycles. The molecular formula is C24H27N3O5. The van der Waals surface area contributed by atoms with Gasteiger partial charge in [0, 0.05) is 37.5 Å². The monoisotopic (exact) mass is 437 g/mol. The lowest BCUT2D eigenvalue weighted by atomic mass is 9.96. The number of hydrogen-bond acceptors (Lipinski definition) is 5. The van der Waals surface area contributed by atoms with Gasteiger partial charge in [0.1, 0.15) is 11.8 Å². The summed E-state index contributed by atoms with van der Waals surface area (Å²) in [4.78, 5) is 42.7. The van der Waals surface area contributed by atoms with Crippen molar-refractivity contribution < 1.29 is 23.5 Å². The summed E-state index contributed by atoms with van der Waals surface area (Å²) >= 11 is 0. The van der Waals surface area contributed by atoms with Crippen LogP contribution in [-0.2, 0) is 9.53 Å². The first-order chi connectivity index (χ1) is 15.5. The third kappa shape index (κ3) is 3.79. The van der Waals surface area contributed by atoms with Crippen LogP contribution in [0.15, 0.2) is 47.1 Å². The quantitative estimate of drug-likeness (QED) is 0.793. The van der Waals surface area contributed by atoms with E-state index >= 15 is 0 Å². The van der Waals surface area contributed by atoms with Gasteiger partial charge in [0.25, 0.3) is 11.8 Å². The highest BCUT2D eigenvalue weighted by Gasteiger charge is 2.54. The van der Waals surface area contributed by atoms with Crippen LogP contribution in [0.2, 0.25) is 0 Å². The second-order valence-corrected chi connectivity index (χ2v) is 8.87. The van der Waals surface area contributed by atoms with Crippen molar-refractivity contribution in [2.75, 3.05) is 19.7 Å². The van der Waals surface area contributed by atoms with Crippen LogP contribution < -0.4 is 5.32 Å². The summed E-state index contributed by atoms with van der Waals surface area (Å²) in [5.41, 5.74) is 0.600. The topological polar surface area (TPSA) is 92.1 Å². The molecule has 0 unspecified atom stereocenters. The molecule has 8 nitrogen and oxygen atoms in total. The molecule has 8 heteroatoms. The average molecular weight is 437 g/mol. The Labute approximate surface area is 186 Å². The van der Waals surface area contributed by atoms with Crippen molar-refractivity contribution >= 4 is 17.7 Å². The normalized spacial score (nSPS) is 22.2. The zero-order chi connectivity index (χ0) is 22.3. The van der Waals surface area contributed by atoms with E-state index in [0.717, 1.165) is 18.4 Å². The number of benzene rings is 1. The van der Waals surface area contributed by atoms with E-state index < -0.39 is 11.8 Å². The highest BCUT2D eigenvalue weighted by atomic mass is 16.5. The Balaban J connectivity index is 1.39. The van der Waals surface area contributed by atoms with Crippen LogP contribution >= 0.6 is 0 Å². The molecule has 1 aliphatic carbocycles. The van der Waals surface area contributed by atoms with Gasteiger partial charge in [-0.1, -0.05) is 17.7 Å². The second kappa shape index (κ2) is 8.09. The van der Waals surface area contributed by atoms with Gasteiger partial charge in [-0.25, -0.2) is 0 Å². The Morgan fingerprint density at radius 1 is 1.06 bits per heavy atom. The minimum Gasteiger partial charge on any atom is -0.459 e. The third-order valence-electron chi connectivity index (χ3n) is 6.53. The summed E-state index contributed by atoms with van der Waals surface area (Å²) in [6, 6.07) is 10.2. The zero-order valence-corrected chi connectivity index (χ0v) is 18.1. The van der Waals surface area contributed by atoms with Crippen molar-refractivity contribution in [3.8, 4) is 0 Å². The SMILES string of the molecule is Cc1cccc(C(=O)N2[C@@H](C(=O)NC3CC3)COC23CCN(C(=O)c2ccco2)CC3)c1.